The van der Waals surface area contributed by atoms with Crippen molar-refractivity contribution in [3.8, 4) is 0 Å². The Labute approximate surface area is 193 Å². The Morgan fingerprint density at radius 3 is 2.91 bits per heavy atom. The van der Waals surface area contributed by atoms with Crippen LogP contribution in [0.1, 0.15) is 69.4 Å². The normalized spacial score (nSPS) is 25.7. The summed E-state index contributed by atoms with van der Waals surface area (Å²) in [5.41, 5.74) is 3.82. The first kappa shape index (κ1) is 24.7. The lowest BCUT2D eigenvalue weighted by Gasteiger charge is -2.19. The quantitative estimate of drug-likeness (QED) is 0.321. The molecule has 2 aliphatic rings. The van der Waals surface area contributed by atoms with E-state index in [-0.39, 0.29) is 17.9 Å². The fourth-order valence-corrected chi connectivity index (χ4v) is 5.33. The summed E-state index contributed by atoms with van der Waals surface area (Å²) in [4.78, 5) is 11.8. The smallest absolute Gasteiger partial charge is 0.219 e. The van der Waals surface area contributed by atoms with Gasteiger partial charge < -0.3 is 15.5 Å². The molecule has 0 radical (unpaired) electrons. The van der Waals surface area contributed by atoms with Gasteiger partial charge in [-0.1, -0.05) is 67.0 Å². The van der Waals surface area contributed by atoms with Crippen LogP contribution in [-0.2, 0) is 11.2 Å². The highest BCUT2D eigenvalue weighted by molar-refractivity contribution is 5.75. The summed E-state index contributed by atoms with van der Waals surface area (Å²) in [6.45, 7) is 4.98. The zero-order valence-corrected chi connectivity index (χ0v) is 19.8. The highest BCUT2D eigenvalue weighted by atomic mass is 16.3. The van der Waals surface area contributed by atoms with Gasteiger partial charge in [0.2, 0.25) is 5.91 Å². The molecular weight excluding hydrogens is 398 g/mol. The molecule has 1 fully saturated rings. The van der Waals surface area contributed by atoms with E-state index < -0.39 is 6.10 Å². The van der Waals surface area contributed by atoms with Gasteiger partial charge in [-0.3, -0.25) is 4.79 Å². The van der Waals surface area contributed by atoms with Gasteiger partial charge in [-0.05, 0) is 62.8 Å². The van der Waals surface area contributed by atoms with Crippen molar-refractivity contribution in [3.05, 3.63) is 59.2 Å². The van der Waals surface area contributed by atoms with E-state index in [0.717, 1.165) is 57.1 Å². The number of hydrogen-bond donors (Lipinski definition) is 3. The number of allylic oxidation sites excluding steroid dienone is 2. The number of carbonyl (C=O) groups is 1. The maximum absolute atomic E-state index is 11.8. The van der Waals surface area contributed by atoms with Crippen LogP contribution in [0.5, 0.6) is 0 Å². The number of unbranched alkanes of at least 4 members (excludes halogenated alkanes) is 2. The van der Waals surface area contributed by atoms with Gasteiger partial charge >= 0.3 is 0 Å². The monoisotopic (exact) mass is 439 g/mol. The summed E-state index contributed by atoms with van der Waals surface area (Å²) in [7, 11) is 0. The first-order valence-corrected chi connectivity index (χ1v) is 12.5. The number of aryl methyl sites for hydroxylation is 1. The summed E-state index contributed by atoms with van der Waals surface area (Å²) in [6.07, 6.45) is 13.7. The second kappa shape index (κ2) is 12.4. The van der Waals surface area contributed by atoms with Gasteiger partial charge in [0, 0.05) is 25.3 Å². The highest BCUT2D eigenvalue weighted by Crippen LogP contribution is 2.48. The van der Waals surface area contributed by atoms with Gasteiger partial charge in [0.05, 0.1) is 12.2 Å². The van der Waals surface area contributed by atoms with E-state index in [0.29, 0.717) is 24.7 Å². The van der Waals surface area contributed by atoms with Crippen molar-refractivity contribution in [1.82, 2.24) is 5.32 Å². The molecular formula is C28H41NO3. The van der Waals surface area contributed by atoms with Gasteiger partial charge in [0.15, 0.2) is 0 Å². The maximum Gasteiger partial charge on any atom is 0.219 e. The van der Waals surface area contributed by atoms with Crippen molar-refractivity contribution in [3.63, 3.8) is 0 Å². The van der Waals surface area contributed by atoms with Crippen LogP contribution in [0, 0.1) is 24.7 Å². The molecule has 2 aliphatic carbocycles. The van der Waals surface area contributed by atoms with Crippen LogP contribution in [-0.4, -0.2) is 34.9 Å². The van der Waals surface area contributed by atoms with Crippen LogP contribution in [0.15, 0.2) is 48.1 Å². The molecule has 0 spiro atoms. The van der Waals surface area contributed by atoms with E-state index in [1.807, 2.05) is 18.2 Å². The lowest BCUT2D eigenvalue weighted by atomic mass is 9.88. The van der Waals surface area contributed by atoms with E-state index in [2.05, 4.69) is 43.4 Å². The molecule has 0 aromatic heterocycles. The lowest BCUT2D eigenvalue weighted by molar-refractivity contribution is -0.121. The molecule has 3 N–H and O–H groups in total. The minimum Gasteiger partial charge on any atom is -0.392 e. The van der Waals surface area contributed by atoms with Gasteiger partial charge in [-0.25, -0.2) is 0 Å². The molecule has 0 bridgehead atoms. The molecule has 4 nitrogen and oxygen atoms in total. The first-order chi connectivity index (χ1) is 15.5. The maximum atomic E-state index is 11.8. The molecule has 1 aromatic rings. The number of nitrogens with one attached hydrogen (secondary N) is 1. The molecule has 4 heteroatoms. The van der Waals surface area contributed by atoms with E-state index >= 15 is 0 Å². The number of benzene rings is 1. The minimum atomic E-state index is -0.527. The van der Waals surface area contributed by atoms with Gasteiger partial charge in [0.1, 0.15) is 0 Å². The number of rotatable bonds is 12. The average molecular weight is 440 g/mol. The van der Waals surface area contributed by atoms with Crippen molar-refractivity contribution >= 4 is 5.91 Å². The summed E-state index contributed by atoms with van der Waals surface area (Å²) >= 11 is 0. The summed E-state index contributed by atoms with van der Waals surface area (Å²) in [6, 6.07) is 8.25. The van der Waals surface area contributed by atoms with Crippen molar-refractivity contribution < 1.29 is 15.0 Å². The molecule has 176 valence electrons. The van der Waals surface area contributed by atoms with Crippen molar-refractivity contribution in [2.45, 2.75) is 83.8 Å². The third kappa shape index (κ3) is 7.31. The Morgan fingerprint density at radius 1 is 1.28 bits per heavy atom. The molecule has 5 atom stereocenters. The molecule has 32 heavy (non-hydrogen) atoms. The van der Waals surface area contributed by atoms with Crippen LogP contribution < -0.4 is 5.32 Å². The van der Waals surface area contributed by atoms with Crippen LogP contribution in [0.25, 0.3) is 0 Å². The summed E-state index contributed by atoms with van der Waals surface area (Å²) in [5, 5.41) is 24.0. The second-order valence-corrected chi connectivity index (χ2v) is 9.79. The number of carbonyl (C=O) groups excluding carboxylic acids is 1. The topological polar surface area (TPSA) is 69.6 Å². The number of fused-ring (bicyclic) bond motifs is 1. The molecule has 3 rings (SSSR count). The van der Waals surface area contributed by atoms with E-state index in [1.165, 1.54) is 11.1 Å². The first-order valence-electron chi connectivity index (χ1n) is 12.5. The molecule has 0 aliphatic heterocycles. The van der Waals surface area contributed by atoms with Gasteiger partial charge in [-0.15, -0.1) is 0 Å². The van der Waals surface area contributed by atoms with Crippen LogP contribution in [0.4, 0.5) is 0 Å². The van der Waals surface area contributed by atoms with E-state index in [4.69, 9.17) is 0 Å². The molecule has 1 amide bonds. The Balaban J connectivity index is 1.41. The second-order valence-electron chi connectivity index (χ2n) is 9.79. The molecule has 1 saturated carbocycles. The predicted molar refractivity (Wildman–Crippen MR) is 130 cm³/mol. The Bertz CT molecular complexity index is 800. The SMILES string of the molecule is CCCCNC(=O)CCCCC1=C[C@H]2C[C@@H](O)[C@H](C=C[C@H](O)Cc3cccc(C)c3)[C@H]2C1. The van der Waals surface area contributed by atoms with Crippen molar-refractivity contribution in [2.24, 2.45) is 17.8 Å². The van der Waals surface area contributed by atoms with Crippen LogP contribution >= 0.6 is 0 Å². The van der Waals surface area contributed by atoms with E-state index in [1.54, 1.807) is 0 Å². The Kier molecular flexibility index (Phi) is 9.55. The van der Waals surface area contributed by atoms with Crippen molar-refractivity contribution in [2.75, 3.05) is 6.54 Å². The summed E-state index contributed by atoms with van der Waals surface area (Å²) in [5.74, 6) is 1.18. The molecule has 0 saturated heterocycles. The zero-order valence-electron chi connectivity index (χ0n) is 19.8. The molecule has 0 heterocycles. The predicted octanol–water partition coefficient (Wildman–Crippen LogP) is 4.87. The van der Waals surface area contributed by atoms with Crippen LogP contribution in [0.2, 0.25) is 0 Å². The Hall–Kier alpha value is -1.91. The Morgan fingerprint density at radius 2 is 2.12 bits per heavy atom. The highest BCUT2D eigenvalue weighted by Gasteiger charge is 2.43. The zero-order chi connectivity index (χ0) is 22.9. The molecule has 1 aromatic carbocycles. The lowest BCUT2D eigenvalue weighted by Crippen LogP contribution is -2.23. The average Bonchev–Trinajstić information content (AvgIpc) is 3.26. The number of amides is 1. The van der Waals surface area contributed by atoms with E-state index in [9.17, 15) is 15.0 Å². The third-order valence-electron chi connectivity index (χ3n) is 7.04. The van der Waals surface area contributed by atoms with Gasteiger partial charge in [-0.2, -0.15) is 0 Å². The fraction of sp³-hybridized carbons (Fsp3) is 0.607. The summed E-state index contributed by atoms with van der Waals surface area (Å²) < 4.78 is 0. The fourth-order valence-electron chi connectivity index (χ4n) is 5.33. The van der Waals surface area contributed by atoms with Crippen LogP contribution in [0.3, 0.4) is 0 Å². The largest absolute Gasteiger partial charge is 0.392 e. The number of aliphatic hydroxyl groups excluding tert-OH is 2. The van der Waals surface area contributed by atoms with Gasteiger partial charge in [0.25, 0.3) is 0 Å². The molecule has 0 unspecified atom stereocenters. The number of hydrogen-bond acceptors (Lipinski definition) is 3. The minimum absolute atomic E-state index is 0.116. The standard InChI is InChI=1S/C28H41NO3/c1-3-4-14-29-28(32)11-6-5-9-22-16-23-19-27(31)25(26(23)18-22)13-12-24(30)17-21-10-7-8-20(2)15-21/h7-8,10,12-13,15-16,23-27,30-31H,3-6,9,11,14,17-19H2,1-2H3,(H,29,32)/t23-,24-,25+,26-,27+/m0/s1. The van der Waals surface area contributed by atoms with Crippen molar-refractivity contribution in [1.29, 1.82) is 0 Å². The number of aliphatic hydroxyl groups is 2. The third-order valence-corrected chi connectivity index (χ3v) is 7.04.